The standard InChI is InChI=1S/C16H30N2O2S/c1-4-18(5-2)21(19,20)17(3)12-16-9-13-6-14(10-16)8-15(7-13)11-16/h13-15H,4-12H2,1-3H3. The maximum Gasteiger partial charge on any atom is 0.281 e. The van der Waals surface area contributed by atoms with Crippen molar-refractivity contribution in [2.45, 2.75) is 52.4 Å². The van der Waals surface area contributed by atoms with E-state index in [9.17, 15) is 8.42 Å². The molecule has 122 valence electrons. The molecule has 0 saturated heterocycles. The first-order chi connectivity index (χ1) is 9.88. The van der Waals surface area contributed by atoms with E-state index in [4.69, 9.17) is 0 Å². The normalized spacial score (nSPS) is 38.6. The van der Waals surface area contributed by atoms with Gasteiger partial charge in [0.05, 0.1) is 0 Å². The molecule has 0 heterocycles. The van der Waals surface area contributed by atoms with Crippen LogP contribution in [0.15, 0.2) is 0 Å². The third kappa shape index (κ3) is 2.77. The monoisotopic (exact) mass is 314 g/mol. The van der Waals surface area contributed by atoms with Gasteiger partial charge in [-0.1, -0.05) is 13.8 Å². The maximum atomic E-state index is 12.7. The van der Waals surface area contributed by atoms with Crippen molar-refractivity contribution in [3.05, 3.63) is 0 Å². The van der Waals surface area contributed by atoms with Crippen LogP contribution >= 0.6 is 0 Å². The lowest BCUT2D eigenvalue weighted by Gasteiger charge is -2.57. The molecule has 0 aromatic carbocycles. The summed E-state index contributed by atoms with van der Waals surface area (Å²) in [5.41, 5.74) is 0.281. The first-order valence-electron chi connectivity index (χ1n) is 8.60. The Balaban J connectivity index is 1.74. The van der Waals surface area contributed by atoms with Gasteiger partial charge in [-0.15, -0.1) is 0 Å². The number of nitrogens with zero attached hydrogens (tertiary/aromatic N) is 2. The van der Waals surface area contributed by atoms with E-state index in [2.05, 4.69) is 0 Å². The lowest BCUT2D eigenvalue weighted by Crippen LogP contribution is -2.53. The van der Waals surface area contributed by atoms with Gasteiger partial charge in [0.15, 0.2) is 0 Å². The summed E-state index contributed by atoms with van der Waals surface area (Å²) in [6.45, 7) is 5.68. The molecule has 0 aromatic heterocycles. The number of hydrogen-bond acceptors (Lipinski definition) is 2. The van der Waals surface area contributed by atoms with Crippen molar-refractivity contribution in [1.82, 2.24) is 8.61 Å². The van der Waals surface area contributed by atoms with E-state index >= 15 is 0 Å². The van der Waals surface area contributed by atoms with Crippen molar-refractivity contribution in [2.75, 3.05) is 26.7 Å². The summed E-state index contributed by atoms with van der Waals surface area (Å²) < 4.78 is 28.6. The molecule has 0 amide bonds. The molecule has 0 atom stereocenters. The van der Waals surface area contributed by atoms with Crippen LogP contribution < -0.4 is 0 Å². The minimum atomic E-state index is -3.28. The van der Waals surface area contributed by atoms with Crippen LogP contribution in [0, 0.1) is 23.2 Å². The van der Waals surface area contributed by atoms with Crippen LogP contribution in [0.2, 0.25) is 0 Å². The fourth-order valence-corrected chi connectivity index (χ4v) is 7.27. The highest BCUT2D eigenvalue weighted by molar-refractivity contribution is 7.86. The van der Waals surface area contributed by atoms with Crippen LogP contribution in [0.3, 0.4) is 0 Å². The van der Waals surface area contributed by atoms with Crippen LogP contribution in [0.4, 0.5) is 0 Å². The molecule has 0 spiro atoms. The Labute approximate surface area is 130 Å². The van der Waals surface area contributed by atoms with E-state index in [1.165, 1.54) is 38.5 Å². The average molecular weight is 314 g/mol. The first kappa shape index (κ1) is 15.8. The lowest BCUT2D eigenvalue weighted by molar-refractivity contribution is -0.0587. The van der Waals surface area contributed by atoms with Gasteiger partial charge < -0.3 is 0 Å². The second-order valence-corrected chi connectivity index (χ2v) is 9.80. The van der Waals surface area contributed by atoms with Crippen molar-refractivity contribution in [1.29, 1.82) is 0 Å². The summed E-state index contributed by atoms with van der Waals surface area (Å²) in [7, 11) is -1.49. The molecular weight excluding hydrogens is 284 g/mol. The molecule has 4 aliphatic rings. The highest BCUT2D eigenvalue weighted by atomic mass is 32.2. The lowest BCUT2D eigenvalue weighted by atomic mass is 9.49. The van der Waals surface area contributed by atoms with Crippen LogP contribution in [-0.2, 0) is 10.2 Å². The molecule has 4 saturated carbocycles. The van der Waals surface area contributed by atoms with Gasteiger partial charge in [0.1, 0.15) is 0 Å². The predicted molar refractivity (Wildman–Crippen MR) is 85.1 cm³/mol. The molecule has 0 unspecified atom stereocenters. The van der Waals surface area contributed by atoms with Crippen LogP contribution in [0.25, 0.3) is 0 Å². The Morgan fingerprint density at radius 3 is 1.76 bits per heavy atom. The fraction of sp³-hybridized carbons (Fsp3) is 1.00. The number of rotatable bonds is 6. The van der Waals surface area contributed by atoms with E-state index in [1.807, 2.05) is 13.8 Å². The fourth-order valence-electron chi connectivity index (χ4n) is 5.78. The molecule has 4 aliphatic carbocycles. The van der Waals surface area contributed by atoms with Gasteiger partial charge in [-0.3, -0.25) is 0 Å². The molecule has 0 aromatic rings. The van der Waals surface area contributed by atoms with Crippen molar-refractivity contribution in [2.24, 2.45) is 23.2 Å². The Morgan fingerprint density at radius 1 is 0.952 bits per heavy atom. The Hall–Kier alpha value is -0.130. The van der Waals surface area contributed by atoms with Gasteiger partial charge in [-0.05, 0) is 61.7 Å². The van der Waals surface area contributed by atoms with Gasteiger partial charge in [-0.25, -0.2) is 0 Å². The Morgan fingerprint density at radius 2 is 1.38 bits per heavy atom. The van der Waals surface area contributed by atoms with Gasteiger partial charge in [-0.2, -0.15) is 17.0 Å². The minimum absolute atomic E-state index is 0.281. The molecule has 4 nitrogen and oxygen atoms in total. The second kappa shape index (κ2) is 5.50. The summed E-state index contributed by atoms with van der Waals surface area (Å²) in [5, 5.41) is 0. The van der Waals surface area contributed by atoms with E-state index < -0.39 is 10.2 Å². The molecule has 0 radical (unpaired) electrons. The third-order valence-electron chi connectivity index (χ3n) is 6.15. The van der Waals surface area contributed by atoms with Crippen LogP contribution in [-0.4, -0.2) is 43.7 Å². The quantitative estimate of drug-likeness (QED) is 0.756. The first-order valence-corrected chi connectivity index (χ1v) is 9.99. The van der Waals surface area contributed by atoms with Gasteiger partial charge in [0, 0.05) is 26.7 Å². The Kier molecular flexibility index (Phi) is 4.13. The zero-order valence-corrected chi connectivity index (χ0v) is 14.5. The van der Waals surface area contributed by atoms with E-state index in [0.717, 1.165) is 24.3 Å². The summed E-state index contributed by atoms with van der Waals surface area (Å²) >= 11 is 0. The predicted octanol–water partition coefficient (Wildman–Crippen LogP) is 2.72. The molecule has 4 bridgehead atoms. The maximum absolute atomic E-state index is 12.7. The topological polar surface area (TPSA) is 40.6 Å². The van der Waals surface area contributed by atoms with Crippen molar-refractivity contribution < 1.29 is 8.42 Å². The van der Waals surface area contributed by atoms with E-state index in [-0.39, 0.29) is 5.41 Å². The molecule has 4 fully saturated rings. The van der Waals surface area contributed by atoms with Crippen molar-refractivity contribution in [3.63, 3.8) is 0 Å². The highest BCUT2D eigenvalue weighted by Crippen LogP contribution is 2.60. The van der Waals surface area contributed by atoms with Gasteiger partial charge in [0.2, 0.25) is 0 Å². The average Bonchev–Trinajstić information content (AvgIpc) is 2.37. The molecular formula is C16H30N2O2S. The van der Waals surface area contributed by atoms with Crippen molar-refractivity contribution >= 4 is 10.2 Å². The Bertz CT molecular complexity index is 449. The summed E-state index contributed by atoms with van der Waals surface area (Å²) in [6, 6.07) is 0. The zero-order chi connectivity index (χ0) is 15.3. The summed E-state index contributed by atoms with van der Waals surface area (Å²) in [6.07, 6.45) is 8.01. The SMILES string of the molecule is CCN(CC)S(=O)(=O)N(C)CC12CC3CC(CC(C3)C1)C2. The third-order valence-corrected chi connectivity index (χ3v) is 8.23. The molecule has 5 heteroatoms. The van der Waals surface area contributed by atoms with E-state index in [0.29, 0.717) is 13.1 Å². The van der Waals surface area contributed by atoms with Crippen LogP contribution in [0.1, 0.15) is 52.4 Å². The van der Waals surface area contributed by atoms with Crippen molar-refractivity contribution in [3.8, 4) is 0 Å². The summed E-state index contributed by atoms with van der Waals surface area (Å²) in [5.74, 6) is 2.63. The minimum Gasteiger partial charge on any atom is -0.195 e. The molecule has 0 N–H and O–H groups in total. The summed E-state index contributed by atoms with van der Waals surface area (Å²) in [4.78, 5) is 0. The molecule has 0 aliphatic heterocycles. The van der Waals surface area contributed by atoms with Gasteiger partial charge in [0.25, 0.3) is 10.2 Å². The second-order valence-electron chi connectivity index (χ2n) is 7.77. The van der Waals surface area contributed by atoms with E-state index in [1.54, 1.807) is 15.7 Å². The largest absolute Gasteiger partial charge is 0.281 e. The van der Waals surface area contributed by atoms with Crippen LogP contribution in [0.5, 0.6) is 0 Å². The molecule has 4 rings (SSSR count). The van der Waals surface area contributed by atoms with Gasteiger partial charge >= 0.3 is 0 Å². The zero-order valence-electron chi connectivity index (χ0n) is 13.7. The highest BCUT2D eigenvalue weighted by Gasteiger charge is 2.51. The smallest absolute Gasteiger partial charge is 0.195 e. The molecule has 21 heavy (non-hydrogen) atoms. The number of hydrogen-bond donors (Lipinski definition) is 0.